The Hall–Kier alpha value is -1.93. The number of aryl methyl sites for hydroxylation is 1. The second-order valence-electron chi connectivity index (χ2n) is 6.85. The van der Waals surface area contributed by atoms with Crippen LogP contribution in [0.5, 0.6) is 0 Å². The molecular formula is C22H23FO. The van der Waals surface area contributed by atoms with Gasteiger partial charge in [-0.05, 0) is 47.2 Å². The van der Waals surface area contributed by atoms with Crippen molar-refractivity contribution in [1.29, 1.82) is 0 Å². The van der Waals surface area contributed by atoms with Gasteiger partial charge in [-0.3, -0.25) is 0 Å². The van der Waals surface area contributed by atoms with Crippen molar-refractivity contribution in [3.05, 3.63) is 65.2 Å². The van der Waals surface area contributed by atoms with Crippen LogP contribution in [0.2, 0.25) is 0 Å². The quantitative estimate of drug-likeness (QED) is 0.467. The first kappa shape index (κ1) is 15.6. The maximum atomic E-state index is 14.4. The summed E-state index contributed by atoms with van der Waals surface area (Å²) in [6.07, 6.45) is 9.71. The number of halogens is 1. The van der Waals surface area contributed by atoms with Crippen molar-refractivity contribution in [2.75, 3.05) is 0 Å². The highest BCUT2D eigenvalue weighted by atomic mass is 19.2. The lowest BCUT2D eigenvalue weighted by Crippen LogP contribution is -2.09. The normalized spacial score (nSPS) is 23.7. The molecule has 0 radical (unpaired) electrons. The van der Waals surface area contributed by atoms with E-state index in [0.29, 0.717) is 5.56 Å². The molecule has 4 rings (SSSR count). The SMILES string of the molecule is CCCCCCc1ccc(-c2ccc3c(c2)C=CC2OC32F)cc1. The number of fused-ring (bicyclic) bond motifs is 3. The highest BCUT2D eigenvalue weighted by Gasteiger charge is 2.60. The van der Waals surface area contributed by atoms with Gasteiger partial charge in [0.15, 0.2) is 0 Å². The van der Waals surface area contributed by atoms with E-state index < -0.39 is 5.85 Å². The first-order chi connectivity index (χ1) is 11.7. The van der Waals surface area contributed by atoms with E-state index in [2.05, 4.69) is 37.3 Å². The molecule has 2 atom stereocenters. The van der Waals surface area contributed by atoms with Gasteiger partial charge >= 0.3 is 0 Å². The zero-order valence-corrected chi connectivity index (χ0v) is 14.1. The van der Waals surface area contributed by atoms with Crippen molar-refractivity contribution >= 4 is 6.08 Å². The molecule has 2 aliphatic rings. The van der Waals surface area contributed by atoms with E-state index in [4.69, 9.17) is 4.74 Å². The summed E-state index contributed by atoms with van der Waals surface area (Å²) >= 11 is 0. The Kier molecular flexibility index (Phi) is 4.01. The summed E-state index contributed by atoms with van der Waals surface area (Å²) in [5.41, 5.74) is 5.28. The van der Waals surface area contributed by atoms with Crippen LogP contribution in [0.3, 0.4) is 0 Å². The van der Waals surface area contributed by atoms with Gasteiger partial charge in [-0.15, -0.1) is 0 Å². The molecule has 0 saturated carbocycles. The Bertz CT molecular complexity index is 762. The maximum absolute atomic E-state index is 14.4. The van der Waals surface area contributed by atoms with Crippen LogP contribution in [0.1, 0.15) is 49.3 Å². The molecule has 1 nitrogen and oxygen atoms in total. The molecule has 1 heterocycles. The van der Waals surface area contributed by atoms with Crippen molar-refractivity contribution in [2.24, 2.45) is 0 Å². The number of unbranched alkanes of at least 4 members (excludes halogenated alkanes) is 3. The van der Waals surface area contributed by atoms with E-state index in [1.807, 2.05) is 24.3 Å². The van der Waals surface area contributed by atoms with Crippen LogP contribution < -0.4 is 0 Å². The van der Waals surface area contributed by atoms with Gasteiger partial charge < -0.3 is 4.74 Å². The molecule has 0 amide bonds. The van der Waals surface area contributed by atoms with Crippen LogP contribution in [-0.2, 0) is 17.0 Å². The molecule has 1 saturated heterocycles. The third-order valence-electron chi connectivity index (χ3n) is 5.08. The van der Waals surface area contributed by atoms with Crippen molar-refractivity contribution < 1.29 is 9.13 Å². The fourth-order valence-corrected chi connectivity index (χ4v) is 3.53. The molecule has 0 bridgehead atoms. The Morgan fingerprint density at radius 2 is 1.79 bits per heavy atom. The molecule has 2 heteroatoms. The molecule has 0 N–H and O–H groups in total. The molecule has 124 valence electrons. The highest BCUT2D eigenvalue weighted by molar-refractivity contribution is 5.71. The average molecular weight is 322 g/mol. The van der Waals surface area contributed by atoms with Crippen LogP contribution in [0.4, 0.5) is 4.39 Å². The largest absolute Gasteiger partial charge is 0.326 e. The Morgan fingerprint density at radius 3 is 2.58 bits per heavy atom. The summed E-state index contributed by atoms with van der Waals surface area (Å²) in [5, 5.41) is 0. The molecule has 2 unspecified atom stereocenters. The summed E-state index contributed by atoms with van der Waals surface area (Å²) in [7, 11) is 0. The monoisotopic (exact) mass is 322 g/mol. The molecular weight excluding hydrogens is 299 g/mol. The van der Waals surface area contributed by atoms with Gasteiger partial charge in [0.25, 0.3) is 5.85 Å². The minimum atomic E-state index is -1.58. The molecule has 1 aliphatic carbocycles. The van der Waals surface area contributed by atoms with Crippen molar-refractivity contribution in [3.63, 3.8) is 0 Å². The minimum Gasteiger partial charge on any atom is -0.326 e. The van der Waals surface area contributed by atoms with E-state index in [1.54, 1.807) is 0 Å². The number of ether oxygens (including phenoxy) is 1. The van der Waals surface area contributed by atoms with Crippen LogP contribution in [-0.4, -0.2) is 6.10 Å². The Morgan fingerprint density at radius 1 is 1.00 bits per heavy atom. The smallest absolute Gasteiger partial charge is 0.267 e. The third-order valence-corrected chi connectivity index (χ3v) is 5.08. The molecule has 1 fully saturated rings. The average Bonchev–Trinajstić information content (AvgIpc) is 3.31. The number of epoxide rings is 1. The summed E-state index contributed by atoms with van der Waals surface area (Å²) < 4.78 is 19.6. The van der Waals surface area contributed by atoms with Crippen molar-refractivity contribution in [2.45, 2.75) is 51.0 Å². The predicted molar refractivity (Wildman–Crippen MR) is 96.4 cm³/mol. The lowest BCUT2D eigenvalue weighted by atomic mass is 9.92. The summed E-state index contributed by atoms with van der Waals surface area (Å²) in [5.74, 6) is -1.58. The van der Waals surface area contributed by atoms with Crippen molar-refractivity contribution in [3.8, 4) is 11.1 Å². The first-order valence-corrected chi connectivity index (χ1v) is 8.99. The number of benzene rings is 2. The third kappa shape index (κ3) is 2.80. The van der Waals surface area contributed by atoms with Crippen molar-refractivity contribution in [1.82, 2.24) is 0 Å². The number of rotatable bonds is 6. The number of hydrogen-bond donors (Lipinski definition) is 0. The fourth-order valence-electron chi connectivity index (χ4n) is 3.53. The lowest BCUT2D eigenvalue weighted by molar-refractivity contribution is 0.141. The van der Waals surface area contributed by atoms with Gasteiger partial charge in [-0.2, -0.15) is 0 Å². The van der Waals surface area contributed by atoms with E-state index in [-0.39, 0.29) is 6.10 Å². The first-order valence-electron chi connectivity index (χ1n) is 8.99. The number of hydrogen-bond acceptors (Lipinski definition) is 1. The van der Waals surface area contributed by atoms with Gasteiger partial charge in [-0.25, -0.2) is 4.39 Å². The maximum Gasteiger partial charge on any atom is 0.267 e. The predicted octanol–water partition coefficient (Wildman–Crippen LogP) is 6.02. The molecule has 1 aliphatic heterocycles. The second-order valence-corrected chi connectivity index (χ2v) is 6.85. The van der Waals surface area contributed by atoms with Gasteiger partial charge in [0, 0.05) is 5.56 Å². The van der Waals surface area contributed by atoms with E-state index in [0.717, 1.165) is 17.5 Å². The Balaban J connectivity index is 1.50. The second kappa shape index (κ2) is 6.18. The summed E-state index contributed by atoms with van der Waals surface area (Å²) in [6.45, 7) is 2.24. The molecule has 0 aromatic heterocycles. The van der Waals surface area contributed by atoms with Gasteiger partial charge in [0.05, 0.1) is 0 Å². The van der Waals surface area contributed by atoms with Crippen LogP contribution >= 0.6 is 0 Å². The van der Waals surface area contributed by atoms with E-state index in [9.17, 15) is 4.39 Å². The molecule has 2 aromatic carbocycles. The standard InChI is InChI=1S/C22H23FO/c1-2-3-4-5-6-16-7-9-17(10-8-16)18-11-13-20-19(15-18)12-14-21-22(20,23)24-21/h7-15,21H,2-6H2,1H3. The molecule has 0 spiro atoms. The van der Waals surface area contributed by atoms with E-state index in [1.165, 1.54) is 36.8 Å². The van der Waals surface area contributed by atoms with Crippen LogP contribution in [0.15, 0.2) is 48.5 Å². The molecule has 24 heavy (non-hydrogen) atoms. The van der Waals surface area contributed by atoms with Gasteiger partial charge in [-0.1, -0.05) is 68.7 Å². The van der Waals surface area contributed by atoms with Gasteiger partial charge in [0.2, 0.25) is 0 Å². The summed E-state index contributed by atoms with van der Waals surface area (Å²) in [6, 6.07) is 14.7. The Labute approximate surface area is 143 Å². The van der Waals surface area contributed by atoms with Gasteiger partial charge in [0.1, 0.15) is 6.10 Å². The topological polar surface area (TPSA) is 12.5 Å². The summed E-state index contributed by atoms with van der Waals surface area (Å²) in [4.78, 5) is 0. The number of alkyl halides is 1. The van der Waals surface area contributed by atoms with Crippen LogP contribution in [0, 0.1) is 0 Å². The lowest BCUT2D eigenvalue weighted by Gasteiger charge is -2.13. The fraction of sp³-hybridized carbons (Fsp3) is 0.364. The van der Waals surface area contributed by atoms with Crippen LogP contribution in [0.25, 0.3) is 17.2 Å². The zero-order chi connectivity index (χ0) is 16.6. The zero-order valence-electron chi connectivity index (χ0n) is 14.1. The van der Waals surface area contributed by atoms with E-state index >= 15 is 0 Å². The minimum absolute atomic E-state index is 0.386. The highest BCUT2D eigenvalue weighted by Crippen LogP contribution is 2.52. The molecule has 2 aromatic rings.